The van der Waals surface area contributed by atoms with Crippen LogP contribution in [0.25, 0.3) is 0 Å². The highest BCUT2D eigenvalue weighted by Crippen LogP contribution is 2.30. The summed E-state index contributed by atoms with van der Waals surface area (Å²) in [6.07, 6.45) is 1.29. The van der Waals surface area contributed by atoms with Gasteiger partial charge >= 0.3 is 0 Å². The summed E-state index contributed by atoms with van der Waals surface area (Å²) in [5.41, 5.74) is 2.94. The van der Waals surface area contributed by atoms with E-state index in [2.05, 4.69) is 0 Å². The number of anilines is 2. The summed E-state index contributed by atoms with van der Waals surface area (Å²) in [5.74, 6) is 0.148. The Bertz CT molecular complexity index is 482. The second-order valence-electron chi connectivity index (χ2n) is 4.34. The van der Waals surface area contributed by atoms with Crippen molar-refractivity contribution in [2.75, 3.05) is 23.9 Å². The van der Waals surface area contributed by atoms with Crippen molar-refractivity contribution in [2.24, 2.45) is 0 Å². The molecule has 4 heteroatoms. The Labute approximate surface area is 101 Å². The third-order valence-corrected chi connectivity index (χ3v) is 3.27. The molecular formula is C13H16N2O2. The van der Waals surface area contributed by atoms with E-state index in [9.17, 15) is 9.59 Å². The summed E-state index contributed by atoms with van der Waals surface area (Å²) < 4.78 is 0. The molecular weight excluding hydrogens is 216 g/mol. The van der Waals surface area contributed by atoms with Gasteiger partial charge in [-0.2, -0.15) is 0 Å². The van der Waals surface area contributed by atoms with E-state index in [0.29, 0.717) is 6.42 Å². The van der Waals surface area contributed by atoms with Gasteiger partial charge in [0.25, 0.3) is 0 Å². The maximum Gasteiger partial charge on any atom is 0.227 e. The average Bonchev–Trinajstić information content (AvgIpc) is 2.32. The van der Waals surface area contributed by atoms with E-state index < -0.39 is 0 Å². The topological polar surface area (TPSA) is 40.6 Å². The van der Waals surface area contributed by atoms with Gasteiger partial charge in [-0.1, -0.05) is 0 Å². The van der Waals surface area contributed by atoms with Crippen molar-refractivity contribution in [3.63, 3.8) is 0 Å². The van der Waals surface area contributed by atoms with Crippen LogP contribution in [0.4, 0.5) is 11.4 Å². The van der Waals surface area contributed by atoms with Crippen LogP contribution in [0, 0.1) is 0 Å². The van der Waals surface area contributed by atoms with Gasteiger partial charge in [0.05, 0.1) is 0 Å². The fourth-order valence-electron chi connectivity index (χ4n) is 2.03. The average molecular weight is 232 g/mol. The fourth-order valence-corrected chi connectivity index (χ4v) is 2.03. The lowest BCUT2D eigenvalue weighted by Crippen LogP contribution is -2.31. The molecule has 17 heavy (non-hydrogen) atoms. The van der Waals surface area contributed by atoms with Crippen molar-refractivity contribution < 1.29 is 9.59 Å². The first-order valence-corrected chi connectivity index (χ1v) is 5.64. The second-order valence-corrected chi connectivity index (χ2v) is 4.34. The van der Waals surface area contributed by atoms with Crippen LogP contribution in [-0.2, 0) is 16.0 Å². The lowest BCUT2D eigenvalue weighted by atomic mass is 10.0. The zero-order chi connectivity index (χ0) is 12.6. The fraction of sp³-hybridized carbons (Fsp3) is 0.385. The summed E-state index contributed by atoms with van der Waals surface area (Å²) >= 11 is 0. The summed E-state index contributed by atoms with van der Waals surface area (Å²) in [6.45, 7) is 1.54. The number of benzene rings is 1. The summed E-state index contributed by atoms with van der Waals surface area (Å²) in [5, 5.41) is 0. The maximum absolute atomic E-state index is 11.5. The summed E-state index contributed by atoms with van der Waals surface area (Å²) in [7, 11) is 3.54. The molecule has 1 aromatic rings. The molecule has 0 unspecified atom stereocenters. The van der Waals surface area contributed by atoms with Crippen molar-refractivity contribution in [3.8, 4) is 0 Å². The Hall–Kier alpha value is -1.84. The van der Waals surface area contributed by atoms with Gasteiger partial charge in [0.15, 0.2) is 0 Å². The largest absolute Gasteiger partial charge is 0.316 e. The van der Waals surface area contributed by atoms with Gasteiger partial charge in [0.1, 0.15) is 0 Å². The molecule has 1 aliphatic rings. The smallest absolute Gasteiger partial charge is 0.227 e. The number of nitrogens with zero attached hydrogens (tertiary/aromatic N) is 2. The third-order valence-electron chi connectivity index (χ3n) is 3.27. The van der Waals surface area contributed by atoms with Crippen LogP contribution in [0.5, 0.6) is 0 Å². The van der Waals surface area contributed by atoms with Gasteiger partial charge < -0.3 is 9.80 Å². The zero-order valence-corrected chi connectivity index (χ0v) is 10.4. The number of hydrogen-bond acceptors (Lipinski definition) is 2. The van der Waals surface area contributed by atoms with Gasteiger partial charge in [-0.25, -0.2) is 0 Å². The molecule has 1 aromatic carbocycles. The van der Waals surface area contributed by atoms with E-state index >= 15 is 0 Å². The number of carbonyl (C=O) groups is 2. The van der Waals surface area contributed by atoms with Crippen LogP contribution >= 0.6 is 0 Å². The lowest BCUT2D eigenvalue weighted by molar-refractivity contribution is -0.118. The third kappa shape index (κ3) is 2.02. The molecule has 0 saturated heterocycles. The highest BCUT2D eigenvalue weighted by Gasteiger charge is 2.21. The van der Waals surface area contributed by atoms with E-state index in [-0.39, 0.29) is 11.8 Å². The molecule has 90 valence electrons. The van der Waals surface area contributed by atoms with Gasteiger partial charge in [0.2, 0.25) is 11.8 Å². The molecule has 2 rings (SSSR count). The molecule has 1 aliphatic heterocycles. The van der Waals surface area contributed by atoms with E-state index in [1.54, 1.807) is 23.9 Å². The molecule has 0 aromatic heterocycles. The number of aryl methyl sites for hydroxylation is 1. The summed E-state index contributed by atoms with van der Waals surface area (Å²) in [4.78, 5) is 26.1. The number of fused-ring (bicyclic) bond motifs is 1. The number of carbonyl (C=O) groups excluding carboxylic acids is 2. The lowest BCUT2D eigenvalue weighted by Gasteiger charge is -2.27. The van der Waals surface area contributed by atoms with Crippen LogP contribution in [0.3, 0.4) is 0 Å². The van der Waals surface area contributed by atoms with Gasteiger partial charge in [-0.3, -0.25) is 9.59 Å². The first kappa shape index (κ1) is 11.6. The van der Waals surface area contributed by atoms with E-state index in [4.69, 9.17) is 0 Å². The Morgan fingerprint density at radius 1 is 1.35 bits per heavy atom. The molecule has 4 nitrogen and oxygen atoms in total. The first-order valence-electron chi connectivity index (χ1n) is 5.64. The Balaban J connectivity index is 2.39. The van der Waals surface area contributed by atoms with Crippen LogP contribution in [-0.4, -0.2) is 25.9 Å². The predicted molar refractivity (Wildman–Crippen MR) is 67.3 cm³/mol. The molecule has 0 bridgehead atoms. The SMILES string of the molecule is CC(=O)N(C)c1ccc2c(c1)CCC(=O)N2C. The van der Waals surface area contributed by atoms with Crippen molar-refractivity contribution in [2.45, 2.75) is 19.8 Å². The maximum atomic E-state index is 11.5. The standard InChI is InChI=1S/C13H16N2O2/c1-9(16)14(2)11-5-6-12-10(8-11)4-7-13(17)15(12)3/h5-6,8H,4,7H2,1-3H3. The molecule has 0 radical (unpaired) electrons. The monoisotopic (exact) mass is 232 g/mol. The normalized spacial score (nSPS) is 14.5. The second kappa shape index (κ2) is 4.20. The highest BCUT2D eigenvalue weighted by molar-refractivity contribution is 5.97. The van der Waals surface area contributed by atoms with E-state index in [0.717, 1.165) is 23.4 Å². The van der Waals surface area contributed by atoms with Crippen molar-refractivity contribution >= 4 is 23.2 Å². The summed E-state index contributed by atoms with van der Waals surface area (Å²) in [6, 6.07) is 5.76. The van der Waals surface area contributed by atoms with Crippen LogP contribution < -0.4 is 9.80 Å². The molecule has 1 heterocycles. The van der Waals surface area contributed by atoms with Crippen molar-refractivity contribution in [1.82, 2.24) is 0 Å². The molecule has 0 saturated carbocycles. The molecule has 0 fully saturated rings. The minimum Gasteiger partial charge on any atom is -0.316 e. The molecule has 0 spiro atoms. The van der Waals surface area contributed by atoms with E-state index in [1.807, 2.05) is 18.2 Å². The van der Waals surface area contributed by atoms with Crippen molar-refractivity contribution in [1.29, 1.82) is 0 Å². The number of hydrogen-bond donors (Lipinski definition) is 0. The molecule has 2 amide bonds. The minimum atomic E-state index is 0.00481. The van der Waals surface area contributed by atoms with E-state index in [1.165, 1.54) is 6.92 Å². The molecule has 0 aliphatic carbocycles. The van der Waals surface area contributed by atoms with Crippen LogP contribution in [0.15, 0.2) is 18.2 Å². The molecule has 0 N–H and O–H groups in total. The van der Waals surface area contributed by atoms with Gasteiger partial charge in [-0.15, -0.1) is 0 Å². The number of amides is 2. The zero-order valence-electron chi connectivity index (χ0n) is 10.4. The Morgan fingerprint density at radius 2 is 2.06 bits per heavy atom. The predicted octanol–water partition coefficient (Wildman–Crippen LogP) is 1.58. The Morgan fingerprint density at radius 3 is 2.71 bits per heavy atom. The highest BCUT2D eigenvalue weighted by atomic mass is 16.2. The Kier molecular flexibility index (Phi) is 2.88. The first-order chi connectivity index (χ1) is 8.00. The number of rotatable bonds is 1. The minimum absolute atomic E-state index is 0.00481. The van der Waals surface area contributed by atoms with Gasteiger partial charge in [0, 0.05) is 38.8 Å². The van der Waals surface area contributed by atoms with Crippen molar-refractivity contribution in [3.05, 3.63) is 23.8 Å². The van der Waals surface area contributed by atoms with Crippen LogP contribution in [0.2, 0.25) is 0 Å². The van der Waals surface area contributed by atoms with Crippen LogP contribution in [0.1, 0.15) is 18.9 Å². The quantitative estimate of drug-likeness (QED) is 0.737. The van der Waals surface area contributed by atoms with Gasteiger partial charge in [-0.05, 0) is 30.2 Å². The molecule has 0 atom stereocenters.